The van der Waals surface area contributed by atoms with E-state index in [1.54, 1.807) is 0 Å². The number of fused-ring (bicyclic) bond motifs is 1. The van der Waals surface area contributed by atoms with E-state index in [9.17, 15) is 5.11 Å². The summed E-state index contributed by atoms with van der Waals surface area (Å²) in [6.45, 7) is 10.7. The molecule has 0 spiro atoms. The summed E-state index contributed by atoms with van der Waals surface area (Å²) < 4.78 is 11.5. The summed E-state index contributed by atoms with van der Waals surface area (Å²) in [6, 6.07) is 8.16. The summed E-state index contributed by atoms with van der Waals surface area (Å²) >= 11 is 0. The zero-order valence-electron chi connectivity index (χ0n) is 16.9. The second-order valence-corrected chi connectivity index (χ2v) is 8.19. The van der Waals surface area contributed by atoms with Crippen molar-refractivity contribution in [3.8, 4) is 5.75 Å². The molecule has 1 saturated heterocycles. The highest BCUT2D eigenvalue weighted by molar-refractivity contribution is 5.80. The van der Waals surface area contributed by atoms with Crippen molar-refractivity contribution in [3.63, 3.8) is 0 Å². The predicted molar refractivity (Wildman–Crippen MR) is 107 cm³/mol. The number of hydrogen-bond acceptors (Lipinski definition) is 4. The highest BCUT2D eigenvalue weighted by Gasteiger charge is 2.59. The third kappa shape index (κ3) is 4.55. The number of aliphatic hydroxyl groups excluding tert-OH is 1. The number of aliphatic imine (C=N–C) groups is 1. The number of ether oxygens (including phenoxy) is 2. The van der Waals surface area contributed by atoms with Gasteiger partial charge in [-0.25, -0.2) is 0 Å². The number of benzene rings is 1. The van der Waals surface area contributed by atoms with Crippen LogP contribution in [-0.2, 0) is 4.74 Å². The summed E-state index contributed by atoms with van der Waals surface area (Å²) in [4.78, 5) is 4.57. The molecule has 1 aliphatic carbocycles. The Bertz CT molecular complexity index is 662. The van der Waals surface area contributed by atoms with Crippen molar-refractivity contribution in [2.24, 2.45) is 16.3 Å². The Kier molecular flexibility index (Phi) is 6.27. The second-order valence-electron chi connectivity index (χ2n) is 8.19. The number of nitrogens with zero attached hydrogens (tertiary/aromatic N) is 1. The number of guanidine groups is 1. The van der Waals surface area contributed by atoms with Gasteiger partial charge in [-0.15, -0.1) is 0 Å². The first-order chi connectivity index (χ1) is 12.9. The minimum Gasteiger partial charge on any atom is -0.491 e. The summed E-state index contributed by atoms with van der Waals surface area (Å²) in [5, 5.41) is 17.1. The molecule has 6 nitrogen and oxygen atoms in total. The molecule has 0 amide bonds. The number of aryl methyl sites for hydroxylation is 1. The number of aliphatic hydroxyl groups is 1. The molecular formula is C21H33N3O3. The fraction of sp³-hybridized carbons (Fsp3) is 0.667. The van der Waals surface area contributed by atoms with Crippen molar-refractivity contribution < 1.29 is 14.6 Å². The van der Waals surface area contributed by atoms with Crippen LogP contribution in [-0.4, -0.2) is 55.6 Å². The Morgan fingerprint density at radius 2 is 2.26 bits per heavy atom. The van der Waals surface area contributed by atoms with Gasteiger partial charge in [0.2, 0.25) is 0 Å². The van der Waals surface area contributed by atoms with Crippen molar-refractivity contribution in [2.45, 2.75) is 52.4 Å². The minimum absolute atomic E-state index is 0.0876. The number of rotatable bonds is 7. The van der Waals surface area contributed by atoms with Gasteiger partial charge in [0, 0.05) is 30.5 Å². The Hall–Kier alpha value is -1.79. The molecule has 1 saturated carbocycles. The van der Waals surface area contributed by atoms with Gasteiger partial charge in [-0.1, -0.05) is 26.0 Å². The van der Waals surface area contributed by atoms with E-state index in [0.29, 0.717) is 24.6 Å². The minimum atomic E-state index is -0.655. The molecule has 2 aliphatic rings. The molecule has 1 aromatic carbocycles. The molecule has 4 unspecified atom stereocenters. The van der Waals surface area contributed by atoms with Crippen molar-refractivity contribution >= 4 is 5.96 Å². The molecule has 1 aliphatic heterocycles. The maximum absolute atomic E-state index is 10.2. The molecule has 2 fully saturated rings. The molecule has 6 heteroatoms. The zero-order valence-corrected chi connectivity index (χ0v) is 16.9. The van der Waals surface area contributed by atoms with Crippen LogP contribution in [0.4, 0.5) is 0 Å². The standard InChI is InChI=1S/C21H33N3O3/c1-5-22-20(24-18-17-9-10-26-19(17)21(18,3)4)23-12-15(25)13-27-16-8-6-7-14(2)11-16/h6-8,11,15,17-19,25H,5,9-10,12-13H2,1-4H3,(H2,22,23,24). The van der Waals surface area contributed by atoms with Crippen molar-refractivity contribution in [1.82, 2.24) is 10.6 Å². The zero-order chi connectivity index (χ0) is 19.4. The maximum atomic E-state index is 10.2. The lowest BCUT2D eigenvalue weighted by Crippen LogP contribution is -2.68. The lowest BCUT2D eigenvalue weighted by Gasteiger charge is -2.54. The normalized spacial score (nSPS) is 27.4. The first kappa shape index (κ1) is 20.0. The van der Waals surface area contributed by atoms with Crippen LogP contribution in [0.1, 0.15) is 32.8 Å². The lowest BCUT2D eigenvalue weighted by molar-refractivity contribution is -0.106. The van der Waals surface area contributed by atoms with Crippen LogP contribution in [0, 0.1) is 18.3 Å². The molecule has 0 aromatic heterocycles. The molecule has 4 atom stereocenters. The Labute approximate surface area is 162 Å². The lowest BCUT2D eigenvalue weighted by atomic mass is 9.57. The summed E-state index contributed by atoms with van der Waals surface area (Å²) in [7, 11) is 0. The van der Waals surface area contributed by atoms with Crippen LogP contribution in [0.3, 0.4) is 0 Å². The largest absolute Gasteiger partial charge is 0.491 e. The van der Waals surface area contributed by atoms with E-state index in [1.165, 1.54) is 0 Å². The first-order valence-corrected chi connectivity index (χ1v) is 9.95. The quantitative estimate of drug-likeness (QED) is 0.503. The van der Waals surface area contributed by atoms with Gasteiger partial charge in [-0.05, 0) is 38.0 Å². The third-order valence-corrected chi connectivity index (χ3v) is 5.63. The molecular weight excluding hydrogens is 342 g/mol. The monoisotopic (exact) mass is 375 g/mol. The van der Waals surface area contributed by atoms with Crippen LogP contribution >= 0.6 is 0 Å². The Morgan fingerprint density at radius 3 is 3.00 bits per heavy atom. The van der Waals surface area contributed by atoms with Crippen LogP contribution in [0.15, 0.2) is 29.3 Å². The fourth-order valence-corrected chi connectivity index (χ4v) is 4.23. The average molecular weight is 376 g/mol. The Balaban J connectivity index is 1.52. The van der Waals surface area contributed by atoms with Crippen LogP contribution < -0.4 is 15.4 Å². The van der Waals surface area contributed by atoms with E-state index >= 15 is 0 Å². The van der Waals surface area contributed by atoms with Gasteiger partial charge in [0.15, 0.2) is 5.96 Å². The van der Waals surface area contributed by atoms with E-state index < -0.39 is 6.10 Å². The molecule has 0 radical (unpaired) electrons. The topological polar surface area (TPSA) is 75.1 Å². The summed E-state index contributed by atoms with van der Waals surface area (Å²) in [5.74, 6) is 2.06. The van der Waals surface area contributed by atoms with Gasteiger partial charge in [-0.2, -0.15) is 0 Å². The van der Waals surface area contributed by atoms with Crippen LogP contribution in [0.5, 0.6) is 5.75 Å². The summed E-state index contributed by atoms with van der Waals surface area (Å²) in [5.41, 5.74) is 1.22. The molecule has 150 valence electrons. The van der Waals surface area contributed by atoms with Gasteiger partial charge in [0.05, 0.1) is 12.6 Å². The number of hydrogen-bond donors (Lipinski definition) is 3. The summed E-state index contributed by atoms with van der Waals surface area (Å²) in [6.07, 6.45) is 0.780. The third-order valence-electron chi connectivity index (χ3n) is 5.63. The molecule has 1 heterocycles. The average Bonchev–Trinajstić information content (AvgIpc) is 3.09. The molecule has 3 rings (SSSR count). The first-order valence-electron chi connectivity index (χ1n) is 9.95. The van der Waals surface area contributed by atoms with Crippen molar-refractivity contribution in [2.75, 3.05) is 26.3 Å². The van der Waals surface area contributed by atoms with Gasteiger partial charge in [0.25, 0.3) is 0 Å². The molecule has 0 bridgehead atoms. The van der Waals surface area contributed by atoms with E-state index in [-0.39, 0.29) is 12.0 Å². The van der Waals surface area contributed by atoms with E-state index in [1.807, 2.05) is 38.1 Å². The van der Waals surface area contributed by atoms with E-state index in [0.717, 1.165) is 36.8 Å². The van der Waals surface area contributed by atoms with Gasteiger partial charge in [-0.3, -0.25) is 4.99 Å². The molecule has 1 aromatic rings. The second kappa shape index (κ2) is 8.48. The Morgan fingerprint density at radius 1 is 1.44 bits per heavy atom. The van der Waals surface area contributed by atoms with E-state index in [2.05, 4.69) is 29.5 Å². The SMILES string of the molecule is CCNC(=NCC(O)COc1cccc(C)c1)NC1C2CCOC2C1(C)C. The van der Waals surface area contributed by atoms with Crippen molar-refractivity contribution in [3.05, 3.63) is 29.8 Å². The van der Waals surface area contributed by atoms with Gasteiger partial charge in [0.1, 0.15) is 18.5 Å². The highest BCUT2D eigenvalue weighted by Crippen LogP contribution is 2.52. The number of nitrogens with one attached hydrogen (secondary N) is 2. The highest BCUT2D eigenvalue weighted by atomic mass is 16.5. The maximum Gasteiger partial charge on any atom is 0.191 e. The smallest absolute Gasteiger partial charge is 0.191 e. The molecule has 27 heavy (non-hydrogen) atoms. The van der Waals surface area contributed by atoms with Crippen LogP contribution in [0.25, 0.3) is 0 Å². The van der Waals surface area contributed by atoms with Gasteiger partial charge < -0.3 is 25.2 Å². The van der Waals surface area contributed by atoms with E-state index in [4.69, 9.17) is 9.47 Å². The van der Waals surface area contributed by atoms with Crippen molar-refractivity contribution in [1.29, 1.82) is 0 Å². The predicted octanol–water partition coefficient (Wildman–Crippen LogP) is 2.10. The molecule has 3 N–H and O–H groups in total. The van der Waals surface area contributed by atoms with Crippen LogP contribution in [0.2, 0.25) is 0 Å². The fourth-order valence-electron chi connectivity index (χ4n) is 4.23. The van der Waals surface area contributed by atoms with Gasteiger partial charge >= 0.3 is 0 Å².